The number of anilines is 2. The van der Waals surface area contributed by atoms with Gasteiger partial charge in [0.1, 0.15) is 28.9 Å². The number of benzene rings is 1. The van der Waals surface area contributed by atoms with Crippen LogP contribution in [0.5, 0.6) is 0 Å². The van der Waals surface area contributed by atoms with Crippen molar-refractivity contribution in [1.29, 1.82) is 0 Å². The standard InChI is InChI=1S/C27H29F5N8/c1-15(27(30,31)32)40-16(2)34-25-19(28)11-18(12-22(25)40)24-20(29)13-33-26(37-24)36-23-6-5-17-14-39(10-9-38(3)4)8-7-21(17)35-23/h5-6,11-13,15H,7-10,14H2,1-4H3,(H,33,35,36,37). The van der Waals surface area contributed by atoms with Crippen LogP contribution in [0.3, 0.4) is 0 Å². The second kappa shape index (κ2) is 10.7. The van der Waals surface area contributed by atoms with Gasteiger partial charge in [-0.3, -0.25) is 4.90 Å². The lowest BCUT2D eigenvalue weighted by molar-refractivity contribution is -0.162. The molecule has 0 saturated carbocycles. The molecule has 0 saturated heterocycles. The zero-order valence-electron chi connectivity index (χ0n) is 22.5. The van der Waals surface area contributed by atoms with Gasteiger partial charge in [0, 0.05) is 43.9 Å². The number of aryl methyl sites for hydroxylation is 1. The summed E-state index contributed by atoms with van der Waals surface area (Å²) in [5.74, 6) is -1.27. The van der Waals surface area contributed by atoms with Gasteiger partial charge in [0.2, 0.25) is 5.95 Å². The van der Waals surface area contributed by atoms with Crippen LogP contribution in [0, 0.1) is 18.6 Å². The molecule has 212 valence electrons. The quantitative estimate of drug-likeness (QED) is 0.309. The summed E-state index contributed by atoms with van der Waals surface area (Å²) < 4.78 is 71.3. The van der Waals surface area contributed by atoms with Crippen molar-refractivity contribution in [2.24, 2.45) is 0 Å². The highest BCUT2D eigenvalue weighted by atomic mass is 19.4. The van der Waals surface area contributed by atoms with Crippen LogP contribution in [0.2, 0.25) is 0 Å². The van der Waals surface area contributed by atoms with E-state index in [2.05, 4.69) is 35.1 Å². The third kappa shape index (κ3) is 5.61. The third-order valence-corrected chi connectivity index (χ3v) is 7.03. The molecule has 0 fully saturated rings. The molecule has 4 heterocycles. The van der Waals surface area contributed by atoms with E-state index in [0.29, 0.717) is 5.82 Å². The monoisotopic (exact) mass is 560 g/mol. The fraction of sp³-hybridized carbons (Fsp3) is 0.407. The summed E-state index contributed by atoms with van der Waals surface area (Å²) in [4.78, 5) is 21.3. The summed E-state index contributed by atoms with van der Waals surface area (Å²) >= 11 is 0. The van der Waals surface area contributed by atoms with Gasteiger partial charge in [-0.1, -0.05) is 6.07 Å². The molecule has 1 aromatic carbocycles. The lowest BCUT2D eigenvalue weighted by atomic mass is 10.1. The van der Waals surface area contributed by atoms with E-state index < -0.39 is 23.9 Å². The van der Waals surface area contributed by atoms with Crippen molar-refractivity contribution >= 4 is 22.8 Å². The number of pyridine rings is 1. The second-order valence-corrected chi connectivity index (χ2v) is 10.2. The van der Waals surface area contributed by atoms with Crippen molar-refractivity contribution in [2.45, 2.75) is 39.0 Å². The predicted octanol–water partition coefficient (Wildman–Crippen LogP) is 5.26. The summed E-state index contributed by atoms with van der Waals surface area (Å²) in [5.41, 5.74) is 1.42. The molecular formula is C27H29F5N8. The Hall–Kier alpha value is -3.71. The summed E-state index contributed by atoms with van der Waals surface area (Å²) in [6, 6.07) is 4.06. The maximum absolute atomic E-state index is 15.0. The number of fused-ring (bicyclic) bond motifs is 2. The smallest absolute Gasteiger partial charge is 0.316 e. The first-order valence-corrected chi connectivity index (χ1v) is 12.8. The molecular weight excluding hydrogens is 531 g/mol. The van der Waals surface area contributed by atoms with E-state index in [1.54, 1.807) is 6.07 Å². The normalized spacial score (nSPS) is 15.1. The minimum absolute atomic E-state index is 0.0132. The highest BCUT2D eigenvalue weighted by Crippen LogP contribution is 2.36. The van der Waals surface area contributed by atoms with Crippen LogP contribution in [0.1, 0.15) is 30.0 Å². The van der Waals surface area contributed by atoms with Crippen LogP contribution in [0.4, 0.5) is 33.7 Å². The predicted molar refractivity (Wildman–Crippen MR) is 141 cm³/mol. The van der Waals surface area contributed by atoms with E-state index in [1.807, 2.05) is 20.2 Å². The van der Waals surface area contributed by atoms with E-state index >= 15 is 0 Å². The molecule has 0 aliphatic carbocycles. The maximum Gasteiger partial charge on any atom is 0.408 e. The maximum atomic E-state index is 15.0. The zero-order chi connectivity index (χ0) is 28.8. The topological polar surface area (TPSA) is 75.0 Å². The Morgan fingerprint density at radius 1 is 1.07 bits per heavy atom. The van der Waals surface area contributed by atoms with Crippen molar-refractivity contribution in [2.75, 3.05) is 39.0 Å². The van der Waals surface area contributed by atoms with Crippen molar-refractivity contribution in [3.05, 3.63) is 59.2 Å². The third-order valence-electron chi connectivity index (χ3n) is 7.03. The van der Waals surface area contributed by atoms with Crippen molar-refractivity contribution in [1.82, 2.24) is 34.3 Å². The summed E-state index contributed by atoms with van der Waals surface area (Å²) in [7, 11) is 4.08. The molecule has 1 unspecified atom stereocenters. The van der Waals surface area contributed by atoms with Gasteiger partial charge in [-0.15, -0.1) is 0 Å². The second-order valence-electron chi connectivity index (χ2n) is 10.2. The number of hydrogen-bond donors (Lipinski definition) is 1. The number of halogens is 5. The van der Waals surface area contributed by atoms with Crippen molar-refractivity contribution in [3.8, 4) is 11.3 Å². The van der Waals surface area contributed by atoms with E-state index in [9.17, 15) is 22.0 Å². The van der Waals surface area contributed by atoms with Gasteiger partial charge in [0.15, 0.2) is 11.6 Å². The molecule has 0 bridgehead atoms. The molecule has 1 aliphatic heterocycles. The molecule has 0 spiro atoms. The Kier molecular flexibility index (Phi) is 7.44. The van der Waals surface area contributed by atoms with Gasteiger partial charge < -0.3 is 14.8 Å². The molecule has 5 rings (SSSR count). The summed E-state index contributed by atoms with van der Waals surface area (Å²) in [6.07, 6.45) is -2.89. The minimum atomic E-state index is -4.59. The fourth-order valence-electron chi connectivity index (χ4n) is 4.86. The number of aromatic nitrogens is 5. The lowest BCUT2D eigenvalue weighted by Gasteiger charge is -2.29. The molecule has 0 radical (unpaired) electrons. The van der Waals surface area contributed by atoms with Crippen LogP contribution < -0.4 is 5.32 Å². The van der Waals surface area contributed by atoms with E-state index in [4.69, 9.17) is 0 Å². The molecule has 13 heteroatoms. The molecule has 1 atom stereocenters. The zero-order valence-corrected chi connectivity index (χ0v) is 22.5. The highest BCUT2D eigenvalue weighted by Gasteiger charge is 2.39. The Balaban J connectivity index is 1.43. The summed E-state index contributed by atoms with van der Waals surface area (Å²) in [5, 5.41) is 2.97. The van der Waals surface area contributed by atoms with E-state index in [-0.39, 0.29) is 34.1 Å². The van der Waals surface area contributed by atoms with Crippen LogP contribution in [-0.4, -0.2) is 74.2 Å². The lowest BCUT2D eigenvalue weighted by Crippen LogP contribution is -2.36. The fourth-order valence-corrected chi connectivity index (χ4v) is 4.86. The molecule has 8 nitrogen and oxygen atoms in total. The average Bonchev–Trinajstić information content (AvgIpc) is 3.23. The molecule has 3 aromatic heterocycles. The number of hydrogen-bond acceptors (Lipinski definition) is 7. The SMILES string of the molecule is Cc1nc2c(F)cc(-c3nc(Nc4ccc5c(n4)CCN(CCN(C)C)C5)ncc3F)cc2n1C(C)C(F)(F)F. The first kappa shape index (κ1) is 27.8. The largest absolute Gasteiger partial charge is 0.408 e. The molecule has 0 amide bonds. The van der Waals surface area contributed by atoms with E-state index in [1.165, 1.54) is 13.0 Å². The number of imidazole rings is 1. The Morgan fingerprint density at radius 2 is 1.85 bits per heavy atom. The Bertz CT molecular complexity index is 1550. The minimum Gasteiger partial charge on any atom is -0.316 e. The Labute approximate surface area is 227 Å². The van der Waals surface area contributed by atoms with Gasteiger partial charge in [-0.25, -0.2) is 28.7 Å². The first-order chi connectivity index (χ1) is 18.9. The number of likely N-dealkylation sites (N-methyl/N-ethyl adjacent to an activating group) is 1. The number of nitrogens with zero attached hydrogens (tertiary/aromatic N) is 7. The van der Waals surface area contributed by atoms with E-state index in [0.717, 1.165) is 67.6 Å². The van der Waals surface area contributed by atoms with Gasteiger partial charge in [-0.2, -0.15) is 13.2 Å². The number of alkyl halides is 3. The molecule has 4 aromatic rings. The van der Waals surface area contributed by atoms with Crippen molar-refractivity contribution in [3.63, 3.8) is 0 Å². The van der Waals surface area contributed by atoms with Gasteiger partial charge >= 0.3 is 6.18 Å². The van der Waals surface area contributed by atoms with Crippen LogP contribution in [-0.2, 0) is 13.0 Å². The average molecular weight is 561 g/mol. The van der Waals surface area contributed by atoms with Gasteiger partial charge in [0.25, 0.3) is 0 Å². The van der Waals surface area contributed by atoms with Crippen LogP contribution in [0.25, 0.3) is 22.3 Å². The molecule has 1 aliphatic rings. The first-order valence-electron chi connectivity index (χ1n) is 12.8. The van der Waals surface area contributed by atoms with Crippen LogP contribution >= 0.6 is 0 Å². The number of rotatable bonds is 7. The van der Waals surface area contributed by atoms with Gasteiger partial charge in [-0.05, 0) is 51.7 Å². The number of nitrogens with one attached hydrogen (secondary N) is 1. The molecule has 40 heavy (non-hydrogen) atoms. The molecule has 1 N–H and O–H groups in total. The Morgan fingerprint density at radius 3 is 2.58 bits per heavy atom. The van der Waals surface area contributed by atoms with Gasteiger partial charge in [0.05, 0.1) is 11.7 Å². The highest BCUT2D eigenvalue weighted by molar-refractivity contribution is 5.83. The summed E-state index contributed by atoms with van der Waals surface area (Å²) in [6.45, 7) is 5.92. The van der Waals surface area contributed by atoms with Crippen molar-refractivity contribution < 1.29 is 22.0 Å². The van der Waals surface area contributed by atoms with Crippen LogP contribution in [0.15, 0.2) is 30.5 Å².